The van der Waals surface area contributed by atoms with Gasteiger partial charge in [0.1, 0.15) is 73.2 Å². The van der Waals surface area contributed by atoms with Crippen molar-refractivity contribution in [1.29, 1.82) is 0 Å². The zero-order chi connectivity index (χ0) is 59.7. The Morgan fingerprint density at radius 3 is 1.37 bits per heavy atom. The summed E-state index contributed by atoms with van der Waals surface area (Å²) in [5, 5.41) is 120. The third-order valence-corrected chi connectivity index (χ3v) is 15.2. The number of aliphatic hydroxyl groups is 11. The van der Waals surface area contributed by atoms with Crippen LogP contribution >= 0.6 is 0 Å². The van der Waals surface area contributed by atoms with Gasteiger partial charge in [-0.15, -0.1) is 0 Å². The van der Waals surface area contributed by atoms with Crippen molar-refractivity contribution in [3.05, 3.63) is 72.9 Å². The highest BCUT2D eigenvalue weighted by molar-refractivity contribution is 5.76. The molecule has 3 heterocycles. The Labute approximate surface area is 489 Å². The molecule has 0 radical (unpaired) electrons. The molecule has 3 rings (SSSR count). The van der Waals surface area contributed by atoms with Gasteiger partial charge in [-0.25, -0.2) is 0 Å². The van der Waals surface area contributed by atoms with Crippen molar-refractivity contribution in [1.82, 2.24) is 5.32 Å². The Morgan fingerprint density at radius 2 is 0.854 bits per heavy atom. The lowest BCUT2D eigenvalue weighted by Gasteiger charge is -2.48. The van der Waals surface area contributed by atoms with Crippen LogP contribution in [0.3, 0.4) is 0 Å². The molecule has 17 unspecified atom stereocenters. The van der Waals surface area contributed by atoms with Gasteiger partial charge in [-0.3, -0.25) is 4.79 Å². The minimum atomic E-state index is -1.98. The highest BCUT2D eigenvalue weighted by atomic mass is 16.8. The maximum Gasteiger partial charge on any atom is 0.220 e. The van der Waals surface area contributed by atoms with Crippen LogP contribution in [0.1, 0.15) is 187 Å². The minimum absolute atomic E-state index is 0.216. The molecule has 0 aromatic heterocycles. The highest BCUT2D eigenvalue weighted by Gasteiger charge is 2.53. The van der Waals surface area contributed by atoms with E-state index in [2.05, 4.69) is 79.9 Å². The molecule has 3 aliphatic rings. The van der Waals surface area contributed by atoms with Crippen molar-refractivity contribution < 1.29 is 89.4 Å². The summed E-state index contributed by atoms with van der Waals surface area (Å²) in [7, 11) is 0. The van der Waals surface area contributed by atoms with Crippen LogP contribution in [-0.2, 0) is 33.2 Å². The van der Waals surface area contributed by atoms with Gasteiger partial charge >= 0.3 is 0 Å². The standard InChI is InChI=1S/C63H109NO18/c1-3-5-7-9-11-13-15-17-19-21-23-25-27-29-31-33-35-37-39-41-51(69)64-46(47(68)40-38-36-34-32-30-28-26-24-22-20-18-16-14-12-10-8-6-4-2)45-77-61-57(75)54(72)59(49(43-66)79-61)82-63-58(76)55(73)60(50(44-67)80-63)81-62-56(74)53(71)52(70)48(42-65)78-62/h5,7,11,13,17,19,23,25,30,32,38,40,46-50,52-63,65-68,70-76H,3-4,6,8-10,12,14-16,18,20-22,24,26-29,31,33-37,39,41-45H2,1-2H3,(H,64,69)/b7-5-,13-11-,19-17-,25-23-,32-30+,40-38+. The van der Waals surface area contributed by atoms with Crippen LogP contribution < -0.4 is 5.32 Å². The number of aliphatic hydroxyl groups excluding tert-OH is 11. The SMILES string of the molecule is CC/C=C\C/C=C\C/C=C\C/C=C\CCCCCCCCC(=O)NC(COC1OC(CO)C(OC2OC(CO)C(OC3OC(CO)C(O)C(O)C3O)C(O)C2O)C(O)C1O)C(O)/C=C/CC/C=C/CCCCCCCCCCCCCC. The number of hydrogen-bond acceptors (Lipinski definition) is 18. The van der Waals surface area contributed by atoms with Crippen LogP contribution in [0, 0.1) is 0 Å². The molecular formula is C63H109NO18. The van der Waals surface area contributed by atoms with Crippen LogP contribution in [-0.4, -0.2) is 193 Å². The van der Waals surface area contributed by atoms with Crippen LogP contribution in [0.25, 0.3) is 0 Å². The molecule has 0 bridgehead atoms. The van der Waals surface area contributed by atoms with E-state index in [0.717, 1.165) is 83.5 Å². The Morgan fingerprint density at radius 1 is 0.451 bits per heavy atom. The molecule has 3 fully saturated rings. The molecule has 82 heavy (non-hydrogen) atoms. The zero-order valence-corrected chi connectivity index (χ0v) is 49.4. The second-order valence-corrected chi connectivity index (χ2v) is 22.1. The molecule has 3 saturated heterocycles. The average Bonchev–Trinajstić information content (AvgIpc) is 3.39. The predicted octanol–water partition coefficient (Wildman–Crippen LogP) is 6.21. The molecule has 19 heteroatoms. The van der Waals surface area contributed by atoms with Gasteiger partial charge in [0.25, 0.3) is 0 Å². The Hall–Kier alpha value is -2.77. The summed E-state index contributed by atoms with van der Waals surface area (Å²) in [5.74, 6) is -0.303. The molecule has 17 atom stereocenters. The van der Waals surface area contributed by atoms with E-state index in [0.29, 0.717) is 12.8 Å². The lowest BCUT2D eigenvalue weighted by molar-refractivity contribution is -0.379. The molecule has 3 aliphatic heterocycles. The van der Waals surface area contributed by atoms with Gasteiger partial charge in [0.05, 0.1) is 38.6 Å². The molecule has 0 aliphatic carbocycles. The molecule has 0 spiro atoms. The fourth-order valence-electron chi connectivity index (χ4n) is 10.1. The van der Waals surface area contributed by atoms with Gasteiger partial charge in [-0.2, -0.15) is 0 Å². The topological polar surface area (TPSA) is 307 Å². The number of nitrogens with one attached hydrogen (secondary N) is 1. The fraction of sp³-hybridized carbons (Fsp3) is 0.794. The quantitative estimate of drug-likeness (QED) is 0.0238. The van der Waals surface area contributed by atoms with Gasteiger partial charge in [-0.05, 0) is 70.6 Å². The first kappa shape index (κ1) is 73.5. The van der Waals surface area contributed by atoms with E-state index in [4.69, 9.17) is 28.4 Å². The van der Waals surface area contributed by atoms with Crippen molar-refractivity contribution >= 4 is 5.91 Å². The van der Waals surface area contributed by atoms with E-state index in [1.807, 2.05) is 6.08 Å². The lowest BCUT2D eigenvalue weighted by Crippen LogP contribution is -2.66. The van der Waals surface area contributed by atoms with Crippen LogP contribution in [0.15, 0.2) is 72.9 Å². The van der Waals surface area contributed by atoms with E-state index in [1.54, 1.807) is 6.08 Å². The van der Waals surface area contributed by atoms with E-state index in [9.17, 15) is 61.0 Å². The molecular weight excluding hydrogens is 1060 g/mol. The number of carbonyl (C=O) groups excluding carboxylic acids is 1. The minimum Gasteiger partial charge on any atom is -0.394 e. The maximum absolute atomic E-state index is 13.3. The molecule has 0 aromatic rings. The van der Waals surface area contributed by atoms with Crippen molar-refractivity contribution in [2.24, 2.45) is 0 Å². The Kier molecular flexibility index (Phi) is 40.8. The summed E-state index contributed by atoms with van der Waals surface area (Å²) < 4.78 is 34.2. The van der Waals surface area contributed by atoms with Crippen molar-refractivity contribution in [2.75, 3.05) is 26.4 Å². The van der Waals surface area contributed by atoms with E-state index >= 15 is 0 Å². The summed E-state index contributed by atoms with van der Waals surface area (Å²) in [6.07, 6.45) is 27.3. The number of allylic oxidation sites excluding steroid dienone is 11. The summed E-state index contributed by atoms with van der Waals surface area (Å²) in [4.78, 5) is 13.3. The summed E-state index contributed by atoms with van der Waals surface area (Å²) in [5.41, 5.74) is 0. The Bertz CT molecular complexity index is 1780. The Balaban J connectivity index is 1.51. The van der Waals surface area contributed by atoms with E-state index in [-0.39, 0.29) is 18.9 Å². The number of hydrogen-bond donors (Lipinski definition) is 12. The van der Waals surface area contributed by atoms with E-state index in [1.165, 1.54) is 70.6 Å². The third kappa shape index (κ3) is 28.6. The number of ether oxygens (including phenoxy) is 6. The second kappa shape index (κ2) is 45.5. The summed E-state index contributed by atoms with van der Waals surface area (Å²) in [6.45, 7) is 1.57. The summed E-state index contributed by atoms with van der Waals surface area (Å²) in [6, 6.07) is -1.00. The van der Waals surface area contributed by atoms with Crippen LogP contribution in [0.2, 0.25) is 0 Å². The molecule has 19 nitrogen and oxygen atoms in total. The summed E-state index contributed by atoms with van der Waals surface area (Å²) >= 11 is 0. The largest absolute Gasteiger partial charge is 0.394 e. The highest BCUT2D eigenvalue weighted by Crippen LogP contribution is 2.33. The van der Waals surface area contributed by atoms with Crippen molar-refractivity contribution in [3.8, 4) is 0 Å². The maximum atomic E-state index is 13.3. The molecule has 474 valence electrons. The number of unbranched alkanes of at least 4 members (excludes halogenated alkanes) is 19. The van der Waals surface area contributed by atoms with Gasteiger partial charge in [0, 0.05) is 6.42 Å². The zero-order valence-electron chi connectivity index (χ0n) is 49.4. The second-order valence-electron chi connectivity index (χ2n) is 22.1. The van der Waals surface area contributed by atoms with Gasteiger partial charge in [0.15, 0.2) is 18.9 Å². The first-order valence-corrected chi connectivity index (χ1v) is 31.2. The molecule has 12 N–H and O–H groups in total. The molecule has 1 amide bonds. The predicted molar refractivity (Wildman–Crippen MR) is 314 cm³/mol. The fourth-order valence-corrected chi connectivity index (χ4v) is 10.1. The number of carbonyl (C=O) groups is 1. The smallest absolute Gasteiger partial charge is 0.220 e. The van der Waals surface area contributed by atoms with Crippen LogP contribution in [0.5, 0.6) is 0 Å². The molecule has 0 aromatic carbocycles. The van der Waals surface area contributed by atoms with E-state index < -0.39 is 124 Å². The van der Waals surface area contributed by atoms with Gasteiger partial charge in [-0.1, -0.05) is 183 Å². The lowest BCUT2D eigenvalue weighted by atomic mass is 9.96. The van der Waals surface area contributed by atoms with Crippen molar-refractivity contribution in [2.45, 2.75) is 291 Å². The number of rotatable bonds is 45. The van der Waals surface area contributed by atoms with Gasteiger partial charge in [0.2, 0.25) is 5.91 Å². The third-order valence-electron chi connectivity index (χ3n) is 15.2. The molecule has 0 saturated carbocycles. The van der Waals surface area contributed by atoms with Crippen molar-refractivity contribution in [3.63, 3.8) is 0 Å². The normalized spacial score (nSPS) is 30.1. The first-order valence-electron chi connectivity index (χ1n) is 31.2. The van der Waals surface area contributed by atoms with Crippen LogP contribution in [0.4, 0.5) is 0 Å². The first-order chi connectivity index (χ1) is 39.8. The average molecular weight is 1170 g/mol. The number of amides is 1. The monoisotopic (exact) mass is 1170 g/mol. The van der Waals surface area contributed by atoms with Gasteiger partial charge < -0.3 is 89.9 Å².